The molecule has 6 heteroatoms. The monoisotopic (exact) mass is 820 g/mol. The number of hydrogen-bond donors (Lipinski definition) is 1. The third-order valence-electron chi connectivity index (χ3n) is 10.5. The van der Waals surface area contributed by atoms with Gasteiger partial charge in [-0.1, -0.05) is 127 Å². The standard InChI is InChI=1S/C27H19N2O.C15H28O2.Ir/c1-16(2)18-12-13-22(21-10-6-5-9-20(18)21)26-25-24-19-8-4-3-7-17(19)11-14-23(24)30-27(25)29-15-28-26;1-7-14(5,8-2)12(16)11-13(17)15(6,9-3)10-4;/h3-12,14-16H,1-2H3;11,16H,7-10H2,1-6H3;/q-1;;/b;12-11-;. The number of aliphatic hydroxyl groups excluding tert-OH is 1. The first-order valence-electron chi connectivity index (χ1n) is 17.0. The van der Waals surface area contributed by atoms with E-state index in [9.17, 15) is 9.90 Å². The molecule has 0 amide bonds. The van der Waals surface area contributed by atoms with Crippen LogP contribution in [0.3, 0.4) is 0 Å². The van der Waals surface area contributed by atoms with Crippen molar-refractivity contribution in [3.63, 3.8) is 0 Å². The second-order valence-corrected chi connectivity index (χ2v) is 13.4. The van der Waals surface area contributed by atoms with Gasteiger partial charge in [-0.3, -0.25) is 9.78 Å². The summed E-state index contributed by atoms with van der Waals surface area (Å²) in [5.74, 6) is 0.707. The van der Waals surface area contributed by atoms with Gasteiger partial charge >= 0.3 is 0 Å². The molecule has 0 aliphatic heterocycles. The number of furan rings is 1. The van der Waals surface area contributed by atoms with Gasteiger partial charge in [-0.05, 0) is 42.5 Å². The largest absolute Gasteiger partial charge is 0.512 e. The number of nitrogens with zero attached hydrogens (tertiary/aromatic N) is 2. The van der Waals surface area contributed by atoms with Gasteiger partial charge in [0.1, 0.15) is 17.7 Å². The molecule has 0 fully saturated rings. The summed E-state index contributed by atoms with van der Waals surface area (Å²) in [6, 6.07) is 26.6. The van der Waals surface area contributed by atoms with Crippen LogP contribution < -0.4 is 0 Å². The molecule has 48 heavy (non-hydrogen) atoms. The number of benzene rings is 4. The number of hydrogen-bond acceptors (Lipinski definition) is 5. The Bertz CT molecular complexity index is 2080. The molecule has 0 unspecified atom stereocenters. The number of allylic oxidation sites excluding steroid dienone is 2. The third-order valence-corrected chi connectivity index (χ3v) is 10.5. The van der Waals surface area contributed by atoms with Crippen LogP contribution in [0.1, 0.15) is 92.6 Å². The van der Waals surface area contributed by atoms with E-state index in [1.54, 1.807) is 6.33 Å². The second-order valence-electron chi connectivity index (χ2n) is 13.4. The van der Waals surface area contributed by atoms with Gasteiger partial charge in [-0.25, -0.2) is 4.98 Å². The van der Waals surface area contributed by atoms with E-state index in [1.807, 2.05) is 47.6 Å². The Balaban J connectivity index is 0.000000251. The molecule has 1 radical (unpaired) electrons. The van der Waals surface area contributed by atoms with E-state index in [0.29, 0.717) is 11.6 Å². The third kappa shape index (κ3) is 6.84. The van der Waals surface area contributed by atoms with Crippen molar-refractivity contribution in [2.24, 2.45) is 10.8 Å². The maximum absolute atomic E-state index is 12.2. The van der Waals surface area contributed by atoms with E-state index in [1.165, 1.54) is 22.4 Å². The van der Waals surface area contributed by atoms with Gasteiger partial charge in [0.2, 0.25) is 5.71 Å². The summed E-state index contributed by atoms with van der Waals surface area (Å²) in [4.78, 5) is 21.4. The zero-order valence-electron chi connectivity index (χ0n) is 29.4. The first kappa shape index (κ1) is 37.0. The Labute approximate surface area is 298 Å². The molecule has 5 nitrogen and oxygen atoms in total. The van der Waals surface area contributed by atoms with Crippen molar-refractivity contribution in [3.05, 3.63) is 96.5 Å². The summed E-state index contributed by atoms with van der Waals surface area (Å²) in [5, 5.41) is 16.9. The minimum absolute atomic E-state index is 0. The zero-order chi connectivity index (χ0) is 33.9. The summed E-state index contributed by atoms with van der Waals surface area (Å²) >= 11 is 0. The van der Waals surface area contributed by atoms with Gasteiger partial charge < -0.3 is 9.52 Å². The Hall–Kier alpha value is -3.86. The minimum atomic E-state index is -0.337. The molecule has 0 bridgehead atoms. The van der Waals surface area contributed by atoms with Gasteiger partial charge in [-0.2, -0.15) is 0 Å². The molecule has 1 N–H and O–H groups in total. The van der Waals surface area contributed by atoms with Gasteiger partial charge in [0.05, 0.1) is 0 Å². The SMILES string of the molecule is CC(C)c1c[c-]c(-c2ncnc3oc4ccc5ccccc5c4c23)c2ccccc12.CCC(C)(CC)C(=O)/C=C(\O)C(C)(CC)CC.[Ir]. The summed E-state index contributed by atoms with van der Waals surface area (Å²) in [5.41, 5.74) is 3.97. The molecule has 0 aliphatic carbocycles. The summed E-state index contributed by atoms with van der Waals surface area (Å²) in [7, 11) is 0. The van der Waals surface area contributed by atoms with Crippen molar-refractivity contribution in [2.45, 2.75) is 87.0 Å². The van der Waals surface area contributed by atoms with Gasteiger partial charge in [0.25, 0.3) is 0 Å². The minimum Gasteiger partial charge on any atom is -0.512 e. The van der Waals surface area contributed by atoms with Crippen molar-refractivity contribution in [1.29, 1.82) is 0 Å². The first-order valence-corrected chi connectivity index (χ1v) is 17.0. The van der Waals surface area contributed by atoms with Gasteiger partial charge in [0.15, 0.2) is 5.78 Å². The molecular weight excluding hydrogens is 773 g/mol. The van der Waals surface area contributed by atoms with Crippen LogP contribution in [0, 0.1) is 16.9 Å². The van der Waals surface area contributed by atoms with Crippen LogP contribution in [-0.4, -0.2) is 20.9 Å². The molecule has 0 saturated carbocycles. The quantitative estimate of drug-likeness (QED) is 0.0893. The van der Waals surface area contributed by atoms with Crippen LogP contribution in [0.25, 0.3) is 54.9 Å². The molecule has 0 spiro atoms. The molecule has 0 atom stereocenters. The normalized spacial score (nSPS) is 12.4. The average molecular weight is 820 g/mol. The van der Waals surface area contributed by atoms with E-state index >= 15 is 0 Å². The summed E-state index contributed by atoms with van der Waals surface area (Å²) < 4.78 is 6.13. The molecule has 2 heterocycles. The van der Waals surface area contributed by atoms with Crippen molar-refractivity contribution in [3.8, 4) is 11.3 Å². The van der Waals surface area contributed by atoms with Crippen LogP contribution in [0.4, 0.5) is 0 Å². The summed E-state index contributed by atoms with van der Waals surface area (Å²) in [6.07, 6.45) is 6.34. The fourth-order valence-corrected chi connectivity index (χ4v) is 6.18. The van der Waals surface area contributed by atoms with Crippen LogP contribution in [0.2, 0.25) is 0 Å². The number of carbonyl (C=O) groups excluding carboxylic acids is 1. The molecule has 0 saturated heterocycles. The molecular formula is C42H47IrN2O3-. The van der Waals surface area contributed by atoms with E-state index in [-0.39, 0.29) is 42.5 Å². The predicted octanol–water partition coefficient (Wildman–Crippen LogP) is 11.9. The van der Waals surface area contributed by atoms with Gasteiger partial charge in [0, 0.05) is 53.5 Å². The molecule has 4 aromatic carbocycles. The molecule has 253 valence electrons. The molecule has 0 aliphatic rings. The molecule has 6 rings (SSSR count). The Morgan fingerprint density at radius 2 is 1.44 bits per heavy atom. The van der Waals surface area contributed by atoms with E-state index in [4.69, 9.17) is 9.40 Å². The summed E-state index contributed by atoms with van der Waals surface area (Å²) in [6.45, 7) is 16.5. The zero-order valence-corrected chi connectivity index (χ0v) is 31.8. The number of aliphatic hydroxyl groups is 1. The number of fused-ring (bicyclic) bond motifs is 6. The Kier molecular flexibility index (Phi) is 11.7. The van der Waals surface area contributed by atoms with Crippen molar-refractivity contribution >= 4 is 49.4 Å². The van der Waals surface area contributed by atoms with Crippen molar-refractivity contribution in [1.82, 2.24) is 9.97 Å². The first-order chi connectivity index (χ1) is 22.5. The van der Waals surface area contributed by atoms with E-state index < -0.39 is 0 Å². The van der Waals surface area contributed by atoms with Crippen LogP contribution in [0.5, 0.6) is 0 Å². The Morgan fingerprint density at radius 1 is 0.833 bits per heavy atom. The maximum Gasteiger partial charge on any atom is 0.221 e. The number of aromatic nitrogens is 2. The number of ketones is 1. The smallest absolute Gasteiger partial charge is 0.221 e. The molecule has 2 aromatic heterocycles. The number of carbonyl (C=O) groups is 1. The van der Waals surface area contributed by atoms with Crippen LogP contribution >= 0.6 is 0 Å². The fraction of sp³-hybridized carbons (Fsp3) is 0.357. The van der Waals surface area contributed by atoms with Gasteiger partial charge in [-0.15, -0.1) is 23.3 Å². The second kappa shape index (κ2) is 15.1. The maximum atomic E-state index is 12.2. The van der Waals surface area contributed by atoms with E-state index in [0.717, 1.165) is 64.1 Å². The van der Waals surface area contributed by atoms with Crippen molar-refractivity contribution < 1.29 is 34.4 Å². The van der Waals surface area contributed by atoms with Crippen LogP contribution in [-0.2, 0) is 24.9 Å². The average Bonchev–Trinajstić information content (AvgIpc) is 3.50. The molecule has 6 aromatic rings. The van der Waals surface area contributed by atoms with Crippen molar-refractivity contribution in [2.75, 3.05) is 0 Å². The Morgan fingerprint density at radius 3 is 2.06 bits per heavy atom. The topological polar surface area (TPSA) is 76.2 Å². The van der Waals surface area contributed by atoms with E-state index in [2.05, 4.69) is 85.6 Å². The predicted molar refractivity (Wildman–Crippen MR) is 196 cm³/mol. The van der Waals surface area contributed by atoms with Crippen LogP contribution in [0.15, 0.2) is 89.3 Å². The fourth-order valence-electron chi connectivity index (χ4n) is 6.18. The number of rotatable bonds is 9.